The van der Waals surface area contributed by atoms with Gasteiger partial charge in [-0.1, -0.05) is 11.6 Å². The van der Waals surface area contributed by atoms with Gasteiger partial charge in [0.1, 0.15) is 23.7 Å². The van der Waals surface area contributed by atoms with Gasteiger partial charge in [0.25, 0.3) is 0 Å². The van der Waals surface area contributed by atoms with Crippen molar-refractivity contribution < 1.29 is 18.7 Å². The van der Waals surface area contributed by atoms with Gasteiger partial charge in [0.2, 0.25) is 0 Å². The number of ether oxygens (including phenoxy) is 2. The van der Waals surface area contributed by atoms with E-state index in [0.717, 1.165) is 5.75 Å². The number of nitrogens with zero attached hydrogens (tertiary/aromatic N) is 1. The number of rotatable bonds is 7. The zero-order valence-corrected chi connectivity index (χ0v) is 13.3. The summed E-state index contributed by atoms with van der Waals surface area (Å²) < 4.78 is 15.7. The summed E-state index contributed by atoms with van der Waals surface area (Å²) in [6.07, 6.45) is 1.49. The van der Waals surface area contributed by atoms with Crippen LogP contribution in [0.2, 0.25) is 5.02 Å². The summed E-state index contributed by atoms with van der Waals surface area (Å²) in [5.74, 6) is 0.960. The predicted octanol–water partition coefficient (Wildman–Crippen LogP) is 3.23. The average Bonchev–Trinajstić information content (AvgIpc) is 2.96. The Hall–Kier alpha value is -1.98. The second-order valence-electron chi connectivity index (χ2n) is 4.79. The summed E-state index contributed by atoms with van der Waals surface area (Å²) in [5, 5.41) is 0.678. The molecule has 2 aromatic rings. The summed E-state index contributed by atoms with van der Waals surface area (Å²) in [6, 6.07) is 8.83. The van der Waals surface area contributed by atoms with Crippen molar-refractivity contribution in [2.45, 2.75) is 6.54 Å². The number of halogens is 1. The van der Waals surface area contributed by atoms with Crippen LogP contribution in [0.1, 0.15) is 16.1 Å². The van der Waals surface area contributed by atoms with E-state index in [9.17, 15) is 4.79 Å². The molecule has 0 saturated heterocycles. The zero-order chi connectivity index (χ0) is 15.9. The van der Waals surface area contributed by atoms with Gasteiger partial charge in [-0.25, -0.2) is 4.79 Å². The van der Waals surface area contributed by atoms with E-state index < -0.39 is 5.97 Å². The number of hydrogen-bond donors (Lipinski definition) is 0. The number of esters is 1. The summed E-state index contributed by atoms with van der Waals surface area (Å²) in [4.78, 5) is 13.6. The molecule has 0 aliphatic heterocycles. The first kappa shape index (κ1) is 16.4. The van der Waals surface area contributed by atoms with Gasteiger partial charge in [0, 0.05) is 11.6 Å². The van der Waals surface area contributed by atoms with Gasteiger partial charge in [-0.2, -0.15) is 0 Å². The van der Waals surface area contributed by atoms with Crippen LogP contribution >= 0.6 is 11.6 Å². The molecule has 0 saturated carbocycles. The van der Waals surface area contributed by atoms with Crippen LogP contribution in [0.25, 0.3) is 0 Å². The first-order valence-electron chi connectivity index (χ1n) is 6.81. The molecule has 5 nitrogen and oxygen atoms in total. The average molecular weight is 324 g/mol. The van der Waals surface area contributed by atoms with Crippen LogP contribution in [0.4, 0.5) is 0 Å². The molecule has 0 atom stereocenters. The third-order valence-corrected chi connectivity index (χ3v) is 3.37. The first-order valence-corrected chi connectivity index (χ1v) is 7.19. The normalized spacial score (nSPS) is 10.7. The number of carbonyl (C=O) groups is 1. The van der Waals surface area contributed by atoms with Gasteiger partial charge < -0.3 is 13.9 Å². The topological polar surface area (TPSA) is 51.9 Å². The Morgan fingerprint density at radius 3 is 2.68 bits per heavy atom. The van der Waals surface area contributed by atoms with Crippen LogP contribution in [0.5, 0.6) is 5.75 Å². The first-order chi connectivity index (χ1) is 10.6. The van der Waals surface area contributed by atoms with Crippen molar-refractivity contribution in [3.05, 3.63) is 52.9 Å². The monoisotopic (exact) mass is 323 g/mol. The van der Waals surface area contributed by atoms with Gasteiger partial charge in [-0.15, -0.1) is 0 Å². The zero-order valence-electron chi connectivity index (χ0n) is 12.5. The van der Waals surface area contributed by atoms with E-state index in [4.69, 9.17) is 25.5 Å². The van der Waals surface area contributed by atoms with Crippen molar-refractivity contribution in [2.24, 2.45) is 0 Å². The summed E-state index contributed by atoms with van der Waals surface area (Å²) >= 11 is 5.82. The molecule has 1 aromatic carbocycles. The Morgan fingerprint density at radius 1 is 1.27 bits per heavy atom. The van der Waals surface area contributed by atoms with E-state index >= 15 is 0 Å². The van der Waals surface area contributed by atoms with E-state index in [0.29, 0.717) is 36.0 Å². The maximum atomic E-state index is 11.6. The number of carbonyl (C=O) groups excluding carboxylic acids is 1. The SMILES string of the molecule is COC(=O)c1ccoc1CN(C)CCOc1ccc(Cl)cc1. The lowest BCUT2D eigenvalue weighted by Gasteiger charge is -2.16. The highest BCUT2D eigenvalue weighted by atomic mass is 35.5. The van der Waals surface area contributed by atoms with E-state index in [-0.39, 0.29) is 0 Å². The maximum absolute atomic E-state index is 11.6. The predicted molar refractivity (Wildman–Crippen MR) is 83.3 cm³/mol. The fourth-order valence-corrected chi connectivity index (χ4v) is 2.06. The van der Waals surface area contributed by atoms with Gasteiger partial charge >= 0.3 is 5.97 Å². The molecule has 0 unspecified atom stereocenters. The molecule has 0 bridgehead atoms. The van der Waals surface area contributed by atoms with Gasteiger partial charge in [0.05, 0.1) is 19.9 Å². The largest absolute Gasteiger partial charge is 0.492 e. The van der Waals surface area contributed by atoms with Crippen LogP contribution in [0.15, 0.2) is 41.0 Å². The Labute approximate surface area is 134 Å². The lowest BCUT2D eigenvalue weighted by atomic mass is 10.2. The fourth-order valence-electron chi connectivity index (χ4n) is 1.93. The molecule has 1 aromatic heterocycles. The van der Waals surface area contributed by atoms with E-state index in [1.807, 2.05) is 24.1 Å². The third kappa shape index (κ3) is 4.51. The highest BCUT2D eigenvalue weighted by molar-refractivity contribution is 6.30. The Kier molecular flexibility index (Phi) is 5.86. The molecule has 0 amide bonds. The maximum Gasteiger partial charge on any atom is 0.341 e. The lowest BCUT2D eigenvalue weighted by Crippen LogP contribution is -2.24. The lowest BCUT2D eigenvalue weighted by molar-refractivity contribution is 0.0596. The fraction of sp³-hybridized carbons (Fsp3) is 0.312. The molecule has 2 rings (SSSR count). The number of likely N-dealkylation sites (N-methyl/N-ethyl adjacent to an activating group) is 1. The second kappa shape index (κ2) is 7.87. The van der Waals surface area contributed by atoms with Gasteiger partial charge in [-0.3, -0.25) is 4.90 Å². The Morgan fingerprint density at radius 2 is 2.00 bits per heavy atom. The van der Waals surface area contributed by atoms with Crippen molar-refractivity contribution >= 4 is 17.6 Å². The molecule has 6 heteroatoms. The minimum atomic E-state index is -0.394. The molecule has 22 heavy (non-hydrogen) atoms. The Balaban J connectivity index is 1.81. The minimum absolute atomic E-state index is 0.394. The molecular weight excluding hydrogens is 306 g/mol. The van der Waals surface area contributed by atoms with Gasteiger partial charge in [-0.05, 0) is 37.4 Å². The number of methoxy groups -OCH3 is 1. The van der Waals surface area contributed by atoms with Crippen molar-refractivity contribution in [1.29, 1.82) is 0 Å². The third-order valence-electron chi connectivity index (χ3n) is 3.12. The van der Waals surface area contributed by atoms with Crippen LogP contribution in [0.3, 0.4) is 0 Å². The second-order valence-corrected chi connectivity index (χ2v) is 5.23. The summed E-state index contributed by atoms with van der Waals surface area (Å²) in [6.45, 7) is 1.71. The van der Waals surface area contributed by atoms with Crippen LogP contribution < -0.4 is 4.74 Å². The number of hydrogen-bond acceptors (Lipinski definition) is 5. The van der Waals surface area contributed by atoms with E-state index in [2.05, 4.69) is 0 Å². The molecule has 0 aliphatic rings. The number of benzene rings is 1. The molecule has 0 N–H and O–H groups in total. The summed E-state index contributed by atoms with van der Waals surface area (Å²) in [7, 11) is 3.28. The molecule has 0 spiro atoms. The molecule has 0 fully saturated rings. The Bertz CT molecular complexity index is 609. The van der Waals surface area contributed by atoms with Crippen LogP contribution in [-0.2, 0) is 11.3 Å². The van der Waals surface area contributed by atoms with Crippen molar-refractivity contribution in [3.63, 3.8) is 0 Å². The van der Waals surface area contributed by atoms with E-state index in [1.165, 1.54) is 13.4 Å². The minimum Gasteiger partial charge on any atom is -0.492 e. The molecule has 0 aliphatic carbocycles. The molecule has 0 radical (unpaired) electrons. The molecule has 1 heterocycles. The van der Waals surface area contributed by atoms with Crippen LogP contribution in [0, 0.1) is 0 Å². The standard InChI is InChI=1S/C16H18ClNO4/c1-18(8-10-21-13-5-3-12(17)4-6-13)11-15-14(7-9-22-15)16(19)20-2/h3-7,9H,8,10-11H2,1-2H3. The van der Waals surface area contributed by atoms with Crippen LogP contribution in [-0.4, -0.2) is 38.2 Å². The van der Waals surface area contributed by atoms with Crippen molar-refractivity contribution in [3.8, 4) is 5.75 Å². The highest BCUT2D eigenvalue weighted by Gasteiger charge is 2.16. The molecular formula is C16H18ClNO4. The highest BCUT2D eigenvalue weighted by Crippen LogP contribution is 2.16. The smallest absolute Gasteiger partial charge is 0.341 e. The molecule has 118 valence electrons. The van der Waals surface area contributed by atoms with Gasteiger partial charge in [0.15, 0.2) is 0 Å². The quantitative estimate of drug-likeness (QED) is 0.732. The summed E-state index contributed by atoms with van der Waals surface area (Å²) in [5.41, 5.74) is 0.452. The number of furan rings is 1. The van der Waals surface area contributed by atoms with E-state index in [1.54, 1.807) is 18.2 Å². The van der Waals surface area contributed by atoms with Crippen molar-refractivity contribution in [2.75, 3.05) is 27.3 Å². The van der Waals surface area contributed by atoms with Crippen molar-refractivity contribution in [1.82, 2.24) is 4.90 Å².